The number of carboxylic acids is 1. The van der Waals surface area contributed by atoms with E-state index in [4.69, 9.17) is 0 Å². The molecule has 0 amide bonds. The number of nitrogens with one attached hydrogen (secondary N) is 2. The van der Waals surface area contributed by atoms with Gasteiger partial charge in [-0.15, -0.1) is 0 Å². The zero-order valence-corrected chi connectivity index (χ0v) is 20.3. The number of aliphatic carboxylic acids is 1. The number of aromatic nitrogens is 3. The van der Waals surface area contributed by atoms with Gasteiger partial charge >= 0.3 is 11.7 Å². The Kier molecular flexibility index (Phi) is 7.75. The van der Waals surface area contributed by atoms with Crippen LogP contribution in [0.1, 0.15) is 40.3 Å². The van der Waals surface area contributed by atoms with Gasteiger partial charge in [-0.05, 0) is 42.7 Å². The number of nitrogens with zero attached hydrogens (tertiary/aromatic N) is 3. The SMILES string of the molecule is Cc1ccc(C(CC(=O)O)n2cc(C)c(NCc3ccc(CNc4ccccn4)cc3)nc2=O)cc1. The zero-order chi connectivity index (χ0) is 25.5. The molecule has 2 aromatic carbocycles. The summed E-state index contributed by atoms with van der Waals surface area (Å²) in [4.78, 5) is 32.9. The number of hydrogen-bond acceptors (Lipinski definition) is 6. The van der Waals surface area contributed by atoms with Gasteiger partial charge in [-0.1, -0.05) is 60.2 Å². The predicted molar refractivity (Wildman–Crippen MR) is 140 cm³/mol. The second-order valence-corrected chi connectivity index (χ2v) is 8.73. The molecule has 8 nitrogen and oxygen atoms in total. The van der Waals surface area contributed by atoms with Crippen molar-refractivity contribution in [2.24, 2.45) is 0 Å². The molecule has 8 heteroatoms. The van der Waals surface area contributed by atoms with E-state index in [2.05, 4.69) is 20.6 Å². The van der Waals surface area contributed by atoms with Crippen LogP contribution < -0.4 is 16.3 Å². The fourth-order valence-corrected chi connectivity index (χ4v) is 3.92. The maximum atomic E-state index is 12.9. The van der Waals surface area contributed by atoms with E-state index in [0.29, 0.717) is 18.9 Å². The lowest BCUT2D eigenvalue weighted by atomic mass is 10.0. The van der Waals surface area contributed by atoms with Crippen LogP contribution in [0.4, 0.5) is 11.6 Å². The summed E-state index contributed by atoms with van der Waals surface area (Å²) in [5.41, 5.74) is 4.25. The third-order valence-electron chi connectivity index (χ3n) is 5.92. The summed E-state index contributed by atoms with van der Waals surface area (Å²) in [5, 5.41) is 16.0. The van der Waals surface area contributed by atoms with E-state index in [9.17, 15) is 14.7 Å². The topological polar surface area (TPSA) is 109 Å². The molecule has 36 heavy (non-hydrogen) atoms. The lowest BCUT2D eigenvalue weighted by Crippen LogP contribution is -2.30. The summed E-state index contributed by atoms with van der Waals surface area (Å²) in [7, 11) is 0. The number of rotatable bonds is 10. The Morgan fingerprint density at radius 2 is 1.61 bits per heavy atom. The van der Waals surface area contributed by atoms with Crippen LogP contribution in [-0.4, -0.2) is 25.6 Å². The minimum Gasteiger partial charge on any atom is -0.481 e. The van der Waals surface area contributed by atoms with Gasteiger partial charge in [0.15, 0.2) is 0 Å². The maximum Gasteiger partial charge on any atom is 0.350 e. The Hall–Kier alpha value is -4.46. The van der Waals surface area contributed by atoms with Gasteiger partial charge in [-0.25, -0.2) is 9.78 Å². The molecule has 2 heterocycles. The average molecular weight is 484 g/mol. The van der Waals surface area contributed by atoms with E-state index in [0.717, 1.165) is 33.6 Å². The van der Waals surface area contributed by atoms with Crippen molar-refractivity contribution < 1.29 is 9.90 Å². The fourth-order valence-electron chi connectivity index (χ4n) is 3.92. The van der Waals surface area contributed by atoms with Crippen LogP contribution in [0.15, 0.2) is 83.9 Å². The molecule has 1 atom stereocenters. The molecule has 0 aliphatic carbocycles. The standard InChI is InChI=1S/C28H29N5O3/c1-19-6-12-23(13-7-19)24(15-26(34)35)33-18-20(2)27(32-28(33)36)31-17-22-10-8-21(9-11-22)16-30-25-5-3-4-14-29-25/h3-14,18,24H,15-17H2,1-2H3,(H,29,30)(H,34,35)(H,31,32,36). The third kappa shape index (κ3) is 6.35. The van der Waals surface area contributed by atoms with Crippen LogP contribution in [-0.2, 0) is 17.9 Å². The van der Waals surface area contributed by atoms with Gasteiger partial charge in [0.05, 0.1) is 12.5 Å². The number of hydrogen-bond donors (Lipinski definition) is 3. The molecule has 0 aliphatic heterocycles. The van der Waals surface area contributed by atoms with Crippen LogP contribution >= 0.6 is 0 Å². The van der Waals surface area contributed by atoms with E-state index in [1.54, 1.807) is 12.4 Å². The first-order chi connectivity index (χ1) is 17.4. The quantitative estimate of drug-likeness (QED) is 0.304. The molecule has 0 saturated carbocycles. The molecule has 0 fully saturated rings. The van der Waals surface area contributed by atoms with Crippen molar-refractivity contribution in [1.82, 2.24) is 14.5 Å². The molecule has 0 radical (unpaired) electrons. The van der Waals surface area contributed by atoms with Crippen LogP contribution in [0.5, 0.6) is 0 Å². The second-order valence-electron chi connectivity index (χ2n) is 8.73. The molecule has 0 aliphatic rings. The Bertz CT molecular complexity index is 1370. The van der Waals surface area contributed by atoms with Crippen molar-refractivity contribution in [3.8, 4) is 0 Å². The summed E-state index contributed by atoms with van der Waals surface area (Å²) in [5.74, 6) is 0.327. The molecule has 4 aromatic rings. The number of carbonyl (C=O) groups is 1. The first-order valence-corrected chi connectivity index (χ1v) is 11.7. The van der Waals surface area contributed by atoms with Crippen LogP contribution in [0.2, 0.25) is 0 Å². The van der Waals surface area contributed by atoms with Crippen molar-refractivity contribution in [1.29, 1.82) is 0 Å². The van der Waals surface area contributed by atoms with Crippen LogP contribution in [0.3, 0.4) is 0 Å². The van der Waals surface area contributed by atoms with Gasteiger partial charge in [0.1, 0.15) is 11.6 Å². The number of benzene rings is 2. The van der Waals surface area contributed by atoms with Crippen LogP contribution in [0, 0.1) is 13.8 Å². The van der Waals surface area contributed by atoms with Gasteiger partial charge < -0.3 is 15.7 Å². The van der Waals surface area contributed by atoms with Gasteiger partial charge in [-0.3, -0.25) is 9.36 Å². The first-order valence-electron chi connectivity index (χ1n) is 11.7. The molecule has 2 aromatic heterocycles. The van der Waals surface area contributed by atoms with E-state index in [1.165, 1.54) is 4.57 Å². The lowest BCUT2D eigenvalue weighted by molar-refractivity contribution is -0.137. The van der Waals surface area contributed by atoms with E-state index < -0.39 is 17.7 Å². The summed E-state index contributed by atoms with van der Waals surface area (Å²) in [6.07, 6.45) is 3.22. The highest BCUT2D eigenvalue weighted by molar-refractivity contribution is 5.68. The Balaban J connectivity index is 1.44. The second kappa shape index (κ2) is 11.3. The molecule has 184 valence electrons. The van der Waals surface area contributed by atoms with Gasteiger partial charge in [0, 0.05) is 31.0 Å². The van der Waals surface area contributed by atoms with Crippen molar-refractivity contribution >= 4 is 17.6 Å². The first kappa shape index (κ1) is 24.7. The minimum absolute atomic E-state index is 0.210. The maximum absolute atomic E-state index is 12.9. The van der Waals surface area contributed by atoms with Gasteiger partial charge in [-0.2, -0.15) is 4.98 Å². The molecular formula is C28H29N5O3. The number of aryl methyl sites for hydroxylation is 2. The highest BCUT2D eigenvalue weighted by Crippen LogP contribution is 2.23. The summed E-state index contributed by atoms with van der Waals surface area (Å²) in [6.45, 7) is 4.98. The van der Waals surface area contributed by atoms with E-state index >= 15 is 0 Å². The molecule has 1 unspecified atom stereocenters. The number of carboxylic acid groups (broad SMARTS) is 1. The minimum atomic E-state index is -0.981. The summed E-state index contributed by atoms with van der Waals surface area (Å²) < 4.78 is 1.41. The number of pyridine rings is 1. The van der Waals surface area contributed by atoms with Gasteiger partial charge in [0.2, 0.25) is 0 Å². The van der Waals surface area contributed by atoms with Crippen molar-refractivity contribution in [3.05, 3.63) is 117 Å². The normalized spacial score (nSPS) is 11.6. The Morgan fingerprint density at radius 3 is 2.22 bits per heavy atom. The Morgan fingerprint density at radius 1 is 0.944 bits per heavy atom. The monoisotopic (exact) mass is 483 g/mol. The highest BCUT2D eigenvalue weighted by atomic mass is 16.4. The lowest BCUT2D eigenvalue weighted by Gasteiger charge is -2.20. The summed E-state index contributed by atoms with van der Waals surface area (Å²) >= 11 is 0. The fraction of sp³-hybridized carbons (Fsp3) is 0.214. The van der Waals surface area contributed by atoms with E-state index in [-0.39, 0.29) is 6.42 Å². The average Bonchev–Trinajstić information content (AvgIpc) is 2.88. The summed E-state index contributed by atoms with van der Waals surface area (Å²) in [6, 6.07) is 20.8. The molecule has 0 spiro atoms. The molecule has 4 rings (SSSR count). The number of anilines is 2. The molecular weight excluding hydrogens is 454 g/mol. The molecule has 0 bridgehead atoms. The van der Waals surface area contributed by atoms with Crippen molar-refractivity contribution in [2.75, 3.05) is 10.6 Å². The third-order valence-corrected chi connectivity index (χ3v) is 5.92. The Labute approximate surface area is 209 Å². The van der Waals surface area contributed by atoms with Gasteiger partial charge in [0.25, 0.3) is 0 Å². The molecule has 0 saturated heterocycles. The zero-order valence-electron chi connectivity index (χ0n) is 20.3. The highest BCUT2D eigenvalue weighted by Gasteiger charge is 2.20. The predicted octanol–water partition coefficient (Wildman–Crippen LogP) is 4.54. The smallest absolute Gasteiger partial charge is 0.350 e. The van der Waals surface area contributed by atoms with Crippen LogP contribution in [0.25, 0.3) is 0 Å². The van der Waals surface area contributed by atoms with E-state index in [1.807, 2.05) is 80.6 Å². The largest absolute Gasteiger partial charge is 0.481 e. The van der Waals surface area contributed by atoms with Crippen molar-refractivity contribution in [2.45, 2.75) is 39.4 Å². The van der Waals surface area contributed by atoms with Crippen molar-refractivity contribution in [3.63, 3.8) is 0 Å². The molecule has 3 N–H and O–H groups in total.